The van der Waals surface area contributed by atoms with Crippen LogP contribution in [-0.2, 0) is 10.0 Å². The quantitative estimate of drug-likeness (QED) is 0.826. The molecule has 0 N–H and O–H groups in total. The molecule has 140 valence electrons. The minimum atomic E-state index is -3.54. The van der Waals surface area contributed by atoms with Gasteiger partial charge in [0, 0.05) is 26.2 Å². The molecule has 0 unspecified atom stereocenters. The molecule has 1 amide bonds. The van der Waals surface area contributed by atoms with Gasteiger partial charge in [-0.05, 0) is 57.0 Å². The molecule has 0 spiro atoms. The van der Waals surface area contributed by atoms with Crippen molar-refractivity contribution >= 4 is 15.9 Å². The second-order valence-corrected chi connectivity index (χ2v) is 8.71. The first-order valence-corrected chi connectivity index (χ1v) is 10.1. The largest absolute Gasteiger partial charge is 0.466 e. The van der Waals surface area contributed by atoms with Crippen LogP contribution in [0, 0.1) is 27.7 Å². The molecule has 26 heavy (non-hydrogen) atoms. The molecule has 2 aromatic rings. The highest BCUT2D eigenvalue weighted by Gasteiger charge is 2.31. The van der Waals surface area contributed by atoms with Gasteiger partial charge in [-0.15, -0.1) is 0 Å². The zero-order valence-electron chi connectivity index (χ0n) is 15.6. The van der Waals surface area contributed by atoms with E-state index in [0.29, 0.717) is 35.1 Å². The fourth-order valence-corrected chi connectivity index (χ4v) is 4.68. The van der Waals surface area contributed by atoms with Gasteiger partial charge in [-0.2, -0.15) is 4.31 Å². The van der Waals surface area contributed by atoms with Crippen LogP contribution >= 0.6 is 0 Å². The van der Waals surface area contributed by atoms with E-state index in [1.165, 1.54) is 4.31 Å². The van der Waals surface area contributed by atoms with Gasteiger partial charge in [0.2, 0.25) is 10.0 Å². The number of rotatable bonds is 3. The molecule has 1 saturated heterocycles. The van der Waals surface area contributed by atoms with Gasteiger partial charge < -0.3 is 9.32 Å². The summed E-state index contributed by atoms with van der Waals surface area (Å²) < 4.78 is 32.6. The lowest BCUT2D eigenvalue weighted by Crippen LogP contribution is -2.50. The summed E-state index contributed by atoms with van der Waals surface area (Å²) in [5, 5.41) is 0. The lowest BCUT2D eigenvalue weighted by atomic mass is 10.1. The molecular weight excluding hydrogens is 352 g/mol. The van der Waals surface area contributed by atoms with Crippen LogP contribution < -0.4 is 0 Å². The van der Waals surface area contributed by atoms with Crippen molar-refractivity contribution in [3.63, 3.8) is 0 Å². The van der Waals surface area contributed by atoms with E-state index in [4.69, 9.17) is 4.42 Å². The van der Waals surface area contributed by atoms with Gasteiger partial charge in [-0.25, -0.2) is 8.42 Å². The molecule has 0 atom stereocenters. The first-order valence-electron chi connectivity index (χ1n) is 8.64. The predicted molar refractivity (Wildman–Crippen MR) is 98.8 cm³/mol. The van der Waals surface area contributed by atoms with Crippen molar-refractivity contribution < 1.29 is 17.6 Å². The van der Waals surface area contributed by atoms with Crippen LogP contribution in [0.1, 0.15) is 33.0 Å². The van der Waals surface area contributed by atoms with Crippen LogP contribution in [0.2, 0.25) is 0 Å². The number of carbonyl (C=O) groups is 1. The SMILES string of the molecule is Cc1cc(C(=O)N2CCN(S(=O)(=O)c3ccc(C)c(C)c3)CC2)c(C)o1. The second kappa shape index (κ2) is 6.89. The van der Waals surface area contributed by atoms with Crippen molar-refractivity contribution in [1.82, 2.24) is 9.21 Å². The molecule has 0 bridgehead atoms. The van der Waals surface area contributed by atoms with Crippen molar-refractivity contribution in [3.05, 3.63) is 52.5 Å². The third-order valence-corrected chi connectivity index (χ3v) is 6.81. The fourth-order valence-electron chi connectivity index (χ4n) is 3.17. The molecule has 0 aliphatic carbocycles. The summed E-state index contributed by atoms with van der Waals surface area (Å²) in [7, 11) is -3.54. The number of hydrogen-bond donors (Lipinski definition) is 0. The summed E-state index contributed by atoms with van der Waals surface area (Å²) in [6, 6.07) is 6.91. The topological polar surface area (TPSA) is 70.8 Å². The molecule has 7 heteroatoms. The van der Waals surface area contributed by atoms with Crippen molar-refractivity contribution in [2.45, 2.75) is 32.6 Å². The second-order valence-electron chi connectivity index (χ2n) is 6.77. The molecule has 1 aliphatic heterocycles. The standard InChI is InChI=1S/C19H24N2O4S/c1-13-5-6-17(11-14(13)2)26(23,24)21-9-7-20(8-10-21)19(22)18-12-15(3)25-16(18)4/h5-6,11-12H,7-10H2,1-4H3. The number of furan rings is 1. The van der Waals surface area contributed by atoms with Crippen LogP contribution in [0.25, 0.3) is 0 Å². The van der Waals surface area contributed by atoms with Crippen molar-refractivity contribution in [3.8, 4) is 0 Å². The average molecular weight is 376 g/mol. The number of hydrogen-bond acceptors (Lipinski definition) is 4. The first-order chi connectivity index (χ1) is 12.2. The number of benzene rings is 1. The number of aryl methyl sites for hydroxylation is 4. The minimum absolute atomic E-state index is 0.109. The monoisotopic (exact) mass is 376 g/mol. The number of carbonyl (C=O) groups excluding carboxylic acids is 1. The Morgan fingerprint density at radius 1 is 0.962 bits per heavy atom. The lowest BCUT2D eigenvalue weighted by Gasteiger charge is -2.34. The Hall–Kier alpha value is -2.12. The summed E-state index contributed by atoms with van der Waals surface area (Å²) in [5.74, 6) is 1.18. The minimum Gasteiger partial charge on any atom is -0.466 e. The Morgan fingerprint density at radius 2 is 1.62 bits per heavy atom. The van der Waals surface area contributed by atoms with E-state index < -0.39 is 10.0 Å². The highest BCUT2D eigenvalue weighted by molar-refractivity contribution is 7.89. The van der Waals surface area contributed by atoms with Gasteiger partial charge in [0.05, 0.1) is 10.5 Å². The maximum absolute atomic E-state index is 12.9. The Bertz CT molecular complexity index is 938. The van der Waals surface area contributed by atoms with Gasteiger partial charge >= 0.3 is 0 Å². The van der Waals surface area contributed by atoms with E-state index in [1.54, 1.807) is 36.9 Å². The highest BCUT2D eigenvalue weighted by atomic mass is 32.2. The summed E-state index contributed by atoms with van der Waals surface area (Å²) in [6.45, 7) is 8.74. The first kappa shape index (κ1) is 18.7. The van der Waals surface area contributed by atoms with E-state index in [9.17, 15) is 13.2 Å². The van der Waals surface area contributed by atoms with E-state index in [1.807, 2.05) is 19.9 Å². The van der Waals surface area contributed by atoms with Crippen molar-refractivity contribution in [2.75, 3.05) is 26.2 Å². The normalized spacial score (nSPS) is 16.1. The van der Waals surface area contributed by atoms with Crippen LogP contribution in [0.5, 0.6) is 0 Å². The van der Waals surface area contributed by atoms with Crippen LogP contribution in [0.4, 0.5) is 0 Å². The molecule has 1 fully saturated rings. The van der Waals surface area contributed by atoms with Gasteiger partial charge in [-0.3, -0.25) is 4.79 Å². The molecule has 1 aliphatic rings. The van der Waals surface area contributed by atoms with E-state index in [2.05, 4.69) is 0 Å². The highest BCUT2D eigenvalue weighted by Crippen LogP contribution is 2.22. The number of sulfonamides is 1. The van der Waals surface area contributed by atoms with E-state index in [-0.39, 0.29) is 19.0 Å². The smallest absolute Gasteiger partial charge is 0.257 e. The number of nitrogens with zero attached hydrogens (tertiary/aromatic N) is 2. The Morgan fingerprint density at radius 3 is 2.15 bits per heavy atom. The summed E-state index contributed by atoms with van der Waals surface area (Å²) in [5.41, 5.74) is 2.56. The maximum atomic E-state index is 12.9. The van der Waals surface area contributed by atoms with Gasteiger partial charge in [-0.1, -0.05) is 6.07 Å². The average Bonchev–Trinajstić information content (AvgIpc) is 2.95. The fraction of sp³-hybridized carbons (Fsp3) is 0.421. The van der Waals surface area contributed by atoms with Gasteiger partial charge in [0.1, 0.15) is 11.5 Å². The molecule has 1 aromatic carbocycles. The maximum Gasteiger partial charge on any atom is 0.257 e. The van der Waals surface area contributed by atoms with Gasteiger partial charge in [0.15, 0.2) is 0 Å². The zero-order valence-corrected chi connectivity index (χ0v) is 16.4. The molecule has 3 rings (SSSR count). The molecule has 2 heterocycles. The Balaban J connectivity index is 1.72. The Kier molecular flexibility index (Phi) is 4.94. The van der Waals surface area contributed by atoms with Crippen molar-refractivity contribution in [1.29, 1.82) is 0 Å². The Labute approximate surface area is 154 Å². The molecule has 6 nitrogen and oxygen atoms in total. The predicted octanol–water partition coefficient (Wildman–Crippen LogP) is 2.66. The van der Waals surface area contributed by atoms with Gasteiger partial charge in [0.25, 0.3) is 5.91 Å². The zero-order chi connectivity index (χ0) is 19.1. The van der Waals surface area contributed by atoms with E-state index >= 15 is 0 Å². The summed E-state index contributed by atoms with van der Waals surface area (Å²) in [6.07, 6.45) is 0. The summed E-state index contributed by atoms with van der Waals surface area (Å²) in [4.78, 5) is 14.6. The molecular formula is C19H24N2O4S. The van der Waals surface area contributed by atoms with Crippen LogP contribution in [0.3, 0.4) is 0 Å². The lowest BCUT2D eigenvalue weighted by molar-refractivity contribution is 0.0696. The third kappa shape index (κ3) is 3.41. The summed E-state index contributed by atoms with van der Waals surface area (Å²) >= 11 is 0. The molecule has 0 saturated carbocycles. The van der Waals surface area contributed by atoms with Crippen LogP contribution in [0.15, 0.2) is 33.6 Å². The number of amides is 1. The molecule has 1 aromatic heterocycles. The number of piperazine rings is 1. The molecule has 0 radical (unpaired) electrons. The van der Waals surface area contributed by atoms with Crippen LogP contribution in [-0.4, -0.2) is 49.7 Å². The van der Waals surface area contributed by atoms with Crippen molar-refractivity contribution in [2.24, 2.45) is 0 Å². The third-order valence-electron chi connectivity index (χ3n) is 4.91. The van der Waals surface area contributed by atoms with E-state index in [0.717, 1.165) is 11.1 Å².